The van der Waals surface area contributed by atoms with Gasteiger partial charge in [-0.25, -0.2) is 0 Å². The SMILES string of the molecule is CCC(O)CCCN1CCN(C)C(C)C1. The van der Waals surface area contributed by atoms with Crippen LogP contribution >= 0.6 is 0 Å². The second kappa shape index (κ2) is 6.46. The van der Waals surface area contributed by atoms with Crippen molar-refractivity contribution in [3.63, 3.8) is 0 Å². The topological polar surface area (TPSA) is 26.7 Å². The molecule has 0 aromatic rings. The summed E-state index contributed by atoms with van der Waals surface area (Å²) < 4.78 is 0. The summed E-state index contributed by atoms with van der Waals surface area (Å²) in [5.41, 5.74) is 0. The molecule has 90 valence electrons. The zero-order valence-corrected chi connectivity index (χ0v) is 10.4. The molecule has 1 aliphatic rings. The standard InChI is InChI=1S/C12H26N2O/c1-4-12(15)6-5-7-14-9-8-13(3)11(2)10-14/h11-12,15H,4-10H2,1-3H3. The van der Waals surface area contributed by atoms with Crippen LogP contribution in [-0.4, -0.2) is 60.3 Å². The maximum absolute atomic E-state index is 9.45. The minimum Gasteiger partial charge on any atom is -0.393 e. The first kappa shape index (κ1) is 12.9. The molecule has 3 nitrogen and oxygen atoms in total. The van der Waals surface area contributed by atoms with E-state index in [2.05, 4.69) is 23.8 Å². The van der Waals surface area contributed by atoms with Crippen molar-refractivity contribution < 1.29 is 5.11 Å². The first-order valence-corrected chi connectivity index (χ1v) is 6.24. The molecule has 1 rings (SSSR count). The number of aliphatic hydroxyl groups is 1. The molecule has 1 N–H and O–H groups in total. The van der Waals surface area contributed by atoms with Gasteiger partial charge in [0.25, 0.3) is 0 Å². The molecule has 0 spiro atoms. The highest BCUT2D eigenvalue weighted by Crippen LogP contribution is 2.09. The number of hydrogen-bond acceptors (Lipinski definition) is 3. The maximum Gasteiger partial charge on any atom is 0.0538 e. The number of likely N-dealkylation sites (N-methyl/N-ethyl adjacent to an activating group) is 1. The summed E-state index contributed by atoms with van der Waals surface area (Å²) in [4.78, 5) is 4.93. The normalized spacial score (nSPS) is 26.8. The third kappa shape index (κ3) is 4.49. The van der Waals surface area contributed by atoms with E-state index in [1.807, 2.05) is 6.92 Å². The van der Waals surface area contributed by atoms with Crippen LogP contribution in [0.15, 0.2) is 0 Å². The van der Waals surface area contributed by atoms with Gasteiger partial charge < -0.3 is 14.9 Å². The van der Waals surface area contributed by atoms with Gasteiger partial charge in [0, 0.05) is 25.7 Å². The molecule has 0 aromatic carbocycles. The van der Waals surface area contributed by atoms with Gasteiger partial charge in [0.1, 0.15) is 0 Å². The lowest BCUT2D eigenvalue weighted by Gasteiger charge is -2.37. The highest BCUT2D eigenvalue weighted by atomic mass is 16.3. The number of piperazine rings is 1. The van der Waals surface area contributed by atoms with Crippen LogP contribution in [-0.2, 0) is 0 Å². The first-order chi connectivity index (χ1) is 7.13. The third-order valence-corrected chi connectivity index (χ3v) is 3.53. The third-order valence-electron chi connectivity index (χ3n) is 3.53. The van der Waals surface area contributed by atoms with Gasteiger partial charge in [0.15, 0.2) is 0 Å². The Labute approximate surface area is 94.1 Å². The Morgan fingerprint density at radius 2 is 2.13 bits per heavy atom. The van der Waals surface area contributed by atoms with E-state index >= 15 is 0 Å². The minimum atomic E-state index is -0.0881. The van der Waals surface area contributed by atoms with Crippen LogP contribution in [0.2, 0.25) is 0 Å². The second-order valence-corrected chi connectivity index (χ2v) is 4.83. The Morgan fingerprint density at radius 3 is 2.73 bits per heavy atom. The second-order valence-electron chi connectivity index (χ2n) is 4.83. The molecule has 0 aromatic heterocycles. The van der Waals surface area contributed by atoms with Crippen LogP contribution in [0.4, 0.5) is 0 Å². The molecule has 3 heteroatoms. The maximum atomic E-state index is 9.45. The van der Waals surface area contributed by atoms with Gasteiger partial charge in [-0.1, -0.05) is 6.92 Å². The molecule has 0 bridgehead atoms. The van der Waals surface area contributed by atoms with Crippen molar-refractivity contribution in [3.05, 3.63) is 0 Å². The van der Waals surface area contributed by atoms with Crippen molar-refractivity contribution in [3.8, 4) is 0 Å². The minimum absolute atomic E-state index is 0.0881. The molecule has 0 saturated carbocycles. The molecule has 0 aliphatic carbocycles. The van der Waals surface area contributed by atoms with Gasteiger partial charge in [-0.2, -0.15) is 0 Å². The summed E-state index contributed by atoms with van der Waals surface area (Å²) >= 11 is 0. The average molecular weight is 214 g/mol. The van der Waals surface area contributed by atoms with E-state index in [1.54, 1.807) is 0 Å². The molecule has 1 heterocycles. The van der Waals surface area contributed by atoms with Crippen LogP contribution < -0.4 is 0 Å². The molecule has 1 saturated heterocycles. The Hall–Kier alpha value is -0.120. The Kier molecular flexibility index (Phi) is 5.58. The Bertz CT molecular complexity index is 175. The van der Waals surface area contributed by atoms with Crippen LogP contribution in [0.1, 0.15) is 33.1 Å². The fraction of sp³-hybridized carbons (Fsp3) is 1.00. The molecular weight excluding hydrogens is 188 g/mol. The fourth-order valence-corrected chi connectivity index (χ4v) is 2.08. The summed E-state index contributed by atoms with van der Waals surface area (Å²) in [6.07, 6.45) is 2.89. The monoisotopic (exact) mass is 214 g/mol. The quantitative estimate of drug-likeness (QED) is 0.744. The van der Waals surface area contributed by atoms with E-state index in [4.69, 9.17) is 0 Å². The smallest absolute Gasteiger partial charge is 0.0538 e. The predicted molar refractivity (Wildman–Crippen MR) is 64.1 cm³/mol. The van der Waals surface area contributed by atoms with Crippen LogP contribution in [0.5, 0.6) is 0 Å². The number of rotatable bonds is 5. The fourth-order valence-electron chi connectivity index (χ4n) is 2.08. The lowest BCUT2D eigenvalue weighted by molar-refractivity contribution is 0.0960. The molecular formula is C12H26N2O. The molecule has 1 aliphatic heterocycles. The summed E-state index contributed by atoms with van der Waals surface area (Å²) in [6, 6.07) is 0.676. The van der Waals surface area contributed by atoms with Gasteiger partial charge >= 0.3 is 0 Å². The van der Waals surface area contributed by atoms with Crippen LogP contribution in [0, 0.1) is 0 Å². The van der Waals surface area contributed by atoms with E-state index < -0.39 is 0 Å². The molecule has 2 atom stereocenters. The van der Waals surface area contributed by atoms with E-state index in [0.29, 0.717) is 6.04 Å². The predicted octanol–water partition coefficient (Wildman–Crippen LogP) is 1.17. The highest BCUT2D eigenvalue weighted by molar-refractivity contribution is 4.76. The van der Waals surface area contributed by atoms with Crippen molar-refractivity contribution in [2.24, 2.45) is 0 Å². The van der Waals surface area contributed by atoms with Crippen molar-refractivity contribution in [1.29, 1.82) is 0 Å². The summed E-state index contributed by atoms with van der Waals surface area (Å²) in [6.45, 7) is 9.02. The zero-order chi connectivity index (χ0) is 11.3. The molecule has 2 unspecified atom stereocenters. The average Bonchev–Trinajstić information content (AvgIpc) is 2.23. The summed E-state index contributed by atoms with van der Waals surface area (Å²) in [5, 5.41) is 9.45. The van der Waals surface area contributed by atoms with Gasteiger partial charge in [-0.05, 0) is 39.8 Å². The Balaban J connectivity index is 2.12. The molecule has 0 radical (unpaired) electrons. The highest BCUT2D eigenvalue weighted by Gasteiger charge is 2.19. The van der Waals surface area contributed by atoms with E-state index in [-0.39, 0.29) is 6.10 Å². The Morgan fingerprint density at radius 1 is 1.40 bits per heavy atom. The first-order valence-electron chi connectivity index (χ1n) is 6.24. The summed E-state index contributed by atoms with van der Waals surface area (Å²) in [7, 11) is 2.20. The van der Waals surface area contributed by atoms with Crippen LogP contribution in [0.25, 0.3) is 0 Å². The van der Waals surface area contributed by atoms with Crippen molar-refractivity contribution >= 4 is 0 Å². The van der Waals surface area contributed by atoms with Crippen LogP contribution in [0.3, 0.4) is 0 Å². The van der Waals surface area contributed by atoms with Gasteiger partial charge in [-0.15, -0.1) is 0 Å². The zero-order valence-electron chi connectivity index (χ0n) is 10.4. The van der Waals surface area contributed by atoms with Crippen molar-refractivity contribution in [2.45, 2.75) is 45.3 Å². The summed E-state index contributed by atoms with van der Waals surface area (Å²) in [5.74, 6) is 0. The number of nitrogens with zero attached hydrogens (tertiary/aromatic N) is 2. The van der Waals surface area contributed by atoms with E-state index in [9.17, 15) is 5.11 Å². The van der Waals surface area contributed by atoms with Crippen molar-refractivity contribution in [1.82, 2.24) is 9.80 Å². The molecule has 15 heavy (non-hydrogen) atoms. The number of aliphatic hydroxyl groups excluding tert-OH is 1. The van der Waals surface area contributed by atoms with Gasteiger partial charge in [0.05, 0.1) is 6.10 Å². The lowest BCUT2D eigenvalue weighted by atomic mass is 10.1. The molecule has 0 amide bonds. The van der Waals surface area contributed by atoms with E-state index in [0.717, 1.165) is 25.8 Å². The molecule has 1 fully saturated rings. The van der Waals surface area contributed by atoms with E-state index in [1.165, 1.54) is 19.6 Å². The largest absolute Gasteiger partial charge is 0.393 e. The lowest BCUT2D eigenvalue weighted by Crippen LogP contribution is -2.50. The number of hydrogen-bond donors (Lipinski definition) is 1. The van der Waals surface area contributed by atoms with Crippen molar-refractivity contribution in [2.75, 3.05) is 33.2 Å². The van der Waals surface area contributed by atoms with Gasteiger partial charge in [0.2, 0.25) is 0 Å². The van der Waals surface area contributed by atoms with Gasteiger partial charge in [-0.3, -0.25) is 0 Å².